The van der Waals surface area contributed by atoms with Crippen LogP contribution in [-0.4, -0.2) is 21.7 Å². The van der Waals surface area contributed by atoms with Crippen LogP contribution in [0.1, 0.15) is 28.6 Å². The molecule has 108 valence electrons. The zero-order valence-electron chi connectivity index (χ0n) is 11.3. The fraction of sp³-hybridized carbons (Fsp3) is 0.200. The molecule has 1 aromatic carbocycles. The fourth-order valence-electron chi connectivity index (χ4n) is 2.38. The summed E-state index contributed by atoms with van der Waals surface area (Å²) in [5.41, 5.74) is -0.162. The highest BCUT2D eigenvalue weighted by atomic mass is 35.5. The Kier molecular flexibility index (Phi) is 3.57. The number of thiophene rings is 1. The number of amides is 1. The standard InChI is InChI=1S/C15H13ClN2O2S/c1-10-9-15(20,11-4-6-12(16)7-5-11)18(17-10)14(19)13-3-2-8-21-13/h2-8,20H,9H2,1H3/t15-/m1/s1. The number of nitrogens with zero attached hydrogens (tertiary/aromatic N) is 2. The van der Waals surface area contributed by atoms with E-state index in [4.69, 9.17) is 11.6 Å². The lowest BCUT2D eigenvalue weighted by Gasteiger charge is -2.31. The molecule has 1 aliphatic rings. The first kappa shape index (κ1) is 14.3. The van der Waals surface area contributed by atoms with Gasteiger partial charge in [0.15, 0.2) is 5.72 Å². The minimum absolute atomic E-state index is 0.283. The lowest BCUT2D eigenvalue weighted by Crippen LogP contribution is -2.43. The zero-order chi connectivity index (χ0) is 15.0. The summed E-state index contributed by atoms with van der Waals surface area (Å²) in [6.07, 6.45) is 0.283. The Balaban J connectivity index is 2.01. The van der Waals surface area contributed by atoms with Crippen LogP contribution < -0.4 is 0 Å². The largest absolute Gasteiger partial charge is 0.365 e. The molecule has 0 bridgehead atoms. The van der Waals surface area contributed by atoms with Gasteiger partial charge in [-0.25, -0.2) is 0 Å². The van der Waals surface area contributed by atoms with Crippen molar-refractivity contribution in [3.05, 3.63) is 57.2 Å². The second-order valence-electron chi connectivity index (χ2n) is 4.93. The third-order valence-electron chi connectivity index (χ3n) is 3.35. The van der Waals surface area contributed by atoms with Crippen molar-refractivity contribution in [1.29, 1.82) is 0 Å². The Bertz CT molecular complexity index is 697. The fourth-order valence-corrected chi connectivity index (χ4v) is 3.15. The summed E-state index contributed by atoms with van der Waals surface area (Å²) in [6, 6.07) is 10.3. The molecule has 2 aromatic rings. The maximum Gasteiger partial charge on any atom is 0.286 e. The molecular weight excluding hydrogens is 308 g/mol. The number of carbonyl (C=O) groups excluding carboxylic acids is 1. The number of carbonyl (C=O) groups is 1. The maximum atomic E-state index is 12.6. The normalized spacial score (nSPS) is 21.5. The predicted molar refractivity (Wildman–Crippen MR) is 83.6 cm³/mol. The van der Waals surface area contributed by atoms with Gasteiger partial charge in [0.2, 0.25) is 0 Å². The Morgan fingerprint density at radius 3 is 2.71 bits per heavy atom. The van der Waals surface area contributed by atoms with E-state index in [9.17, 15) is 9.90 Å². The van der Waals surface area contributed by atoms with Crippen molar-refractivity contribution < 1.29 is 9.90 Å². The van der Waals surface area contributed by atoms with Crippen molar-refractivity contribution >= 4 is 34.6 Å². The van der Waals surface area contributed by atoms with Crippen LogP contribution in [0.3, 0.4) is 0 Å². The first-order valence-corrected chi connectivity index (χ1v) is 7.67. The van der Waals surface area contributed by atoms with Crippen molar-refractivity contribution in [1.82, 2.24) is 5.01 Å². The van der Waals surface area contributed by atoms with E-state index in [-0.39, 0.29) is 12.3 Å². The van der Waals surface area contributed by atoms with E-state index >= 15 is 0 Å². The van der Waals surface area contributed by atoms with Crippen molar-refractivity contribution in [2.24, 2.45) is 5.10 Å². The van der Waals surface area contributed by atoms with Crippen molar-refractivity contribution in [2.75, 3.05) is 0 Å². The highest BCUT2D eigenvalue weighted by molar-refractivity contribution is 7.12. The second-order valence-corrected chi connectivity index (χ2v) is 6.31. The molecule has 1 atom stereocenters. The van der Waals surface area contributed by atoms with E-state index in [1.165, 1.54) is 11.3 Å². The molecule has 0 fully saturated rings. The van der Waals surface area contributed by atoms with Crippen LogP contribution in [0, 0.1) is 0 Å². The predicted octanol–water partition coefficient (Wildman–Crippen LogP) is 3.47. The average molecular weight is 321 g/mol. The minimum atomic E-state index is -1.46. The van der Waals surface area contributed by atoms with E-state index in [1.54, 1.807) is 43.3 Å². The summed E-state index contributed by atoms with van der Waals surface area (Å²) < 4.78 is 0. The Labute approximate surface area is 131 Å². The summed E-state index contributed by atoms with van der Waals surface area (Å²) in [5.74, 6) is -0.306. The van der Waals surface area contributed by atoms with E-state index < -0.39 is 5.72 Å². The quantitative estimate of drug-likeness (QED) is 0.921. The van der Waals surface area contributed by atoms with Gasteiger partial charge >= 0.3 is 0 Å². The van der Waals surface area contributed by atoms with Crippen LogP contribution in [0.15, 0.2) is 46.9 Å². The van der Waals surface area contributed by atoms with Crippen LogP contribution in [-0.2, 0) is 5.72 Å². The van der Waals surface area contributed by atoms with Crippen molar-refractivity contribution in [3.8, 4) is 0 Å². The summed E-state index contributed by atoms with van der Waals surface area (Å²) in [4.78, 5) is 13.1. The summed E-state index contributed by atoms with van der Waals surface area (Å²) in [5, 5.41) is 18.8. The molecule has 4 nitrogen and oxygen atoms in total. The molecule has 0 unspecified atom stereocenters. The highest BCUT2D eigenvalue weighted by Gasteiger charge is 2.45. The van der Waals surface area contributed by atoms with Crippen molar-refractivity contribution in [3.63, 3.8) is 0 Å². The monoisotopic (exact) mass is 320 g/mol. The Morgan fingerprint density at radius 2 is 2.10 bits per heavy atom. The van der Waals surface area contributed by atoms with Crippen molar-refractivity contribution in [2.45, 2.75) is 19.1 Å². The van der Waals surface area contributed by atoms with Crippen LogP contribution >= 0.6 is 22.9 Å². The molecule has 0 radical (unpaired) electrons. The molecule has 6 heteroatoms. The van der Waals surface area contributed by atoms with Gasteiger partial charge in [-0.2, -0.15) is 10.1 Å². The molecular formula is C15H13ClN2O2S. The van der Waals surface area contributed by atoms with Gasteiger partial charge in [0.25, 0.3) is 5.91 Å². The van der Waals surface area contributed by atoms with Crippen LogP contribution in [0.5, 0.6) is 0 Å². The summed E-state index contributed by atoms with van der Waals surface area (Å²) in [7, 11) is 0. The molecule has 21 heavy (non-hydrogen) atoms. The minimum Gasteiger partial charge on any atom is -0.365 e. The van der Waals surface area contributed by atoms with E-state index in [0.29, 0.717) is 21.2 Å². The third kappa shape index (κ3) is 2.48. The number of halogens is 1. The molecule has 2 heterocycles. The van der Waals surface area contributed by atoms with Crippen LogP contribution in [0.25, 0.3) is 0 Å². The number of hydrazone groups is 1. The van der Waals surface area contributed by atoms with E-state index in [1.807, 2.05) is 5.38 Å². The molecule has 1 aliphatic heterocycles. The summed E-state index contributed by atoms with van der Waals surface area (Å²) >= 11 is 7.21. The first-order valence-electron chi connectivity index (χ1n) is 6.41. The van der Waals surface area contributed by atoms with Gasteiger partial charge in [-0.3, -0.25) is 4.79 Å². The van der Waals surface area contributed by atoms with Gasteiger partial charge in [0.1, 0.15) is 0 Å². The average Bonchev–Trinajstić information content (AvgIpc) is 3.07. The lowest BCUT2D eigenvalue weighted by molar-refractivity contribution is -0.0763. The summed E-state index contributed by atoms with van der Waals surface area (Å²) in [6.45, 7) is 1.79. The molecule has 0 saturated carbocycles. The molecule has 0 saturated heterocycles. The topological polar surface area (TPSA) is 52.9 Å². The Hall–Kier alpha value is -1.69. The molecule has 1 N–H and O–H groups in total. The van der Waals surface area contributed by atoms with Gasteiger partial charge in [-0.1, -0.05) is 29.8 Å². The highest BCUT2D eigenvalue weighted by Crippen LogP contribution is 2.37. The number of rotatable bonds is 2. The van der Waals surface area contributed by atoms with E-state index in [2.05, 4.69) is 5.10 Å². The Morgan fingerprint density at radius 1 is 1.38 bits per heavy atom. The second kappa shape index (κ2) is 5.26. The van der Waals surface area contributed by atoms with Gasteiger partial charge in [0, 0.05) is 22.7 Å². The van der Waals surface area contributed by atoms with Crippen LogP contribution in [0.2, 0.25) is 5.02 Å². The van der Waals surface area contributed by atoms with Gasteiger partial charge < -0.3 is 5.11 Å². The first-order chi connectivity index (χ1) is 10.0. The molecule has 0 aliphatic carbocycles. The lowest BCUT2D eigenvalue weighted by atomic mass is 9.97. The number of benzene rings is 1. The third-order valence-corrected chi connectivity index (χ3v) is 4.46. The molecule has 1 aromatic heterocycles. The van der Waals surface area contributed by atoms with E-state index in [0.717, 1.165) is 5.01 Å². The smallest absolute Gasteiger partial charge is 0.286 e. The molecule has 1 amide bonds. The van der Waals surface area contributed by atoms with Crippen LogP contribution in [0.4, 0.5) is 0 Å². The number of hydrogen-bond acceptors (Lipinski definition) is 4. The SMILES string of the molecule is CC1=NN(C(=O)c2cccs2)[C@](O)(c2ccc(Cl)cc2)C1. The van der Waals surface area contributed by atoms with Gasteiger partial charge in [-0.05, 0) is 30.5 Å². The van der Waals surface area contributed by atoms with Gasteiger partial charge in [0.05, 0.1) is 4.88 Å². The number of aliphatic hydroxyl groups is 1. The molecule has 3 rings (SSSR count). The maximum absolute atomic E-state index is 12.6. The zero-order valence-corrected chi connectivity index (χ0v) is 12.9. The number of hydrogen-bond donors (Lipinski definition) is 1. The van der Waals surface area contributed by atoms with Gasteiger partial charge in [-0.15, -0.1) is 11.3 Å². The molecule has 0 spiro atoms.